The lowest BCUT2D eigenvalue weighted by Gasteiger charge is -2.24. The molecule has 2 rings (SSSR count). The summed E-state index contributed by atoms with van der Waals surface area (Å²) in [4.78, 5) is 11.6. The maximum absolute atomic E-state index is 11.6. The predicted molar refractivity (Wildman–Crippen MR) is 77.5 cm³/mol. The zero-order valence-electron chi connectivity index (χ0n) is 11.7. The summed E-state index contributed by atoms with van der Waals surface area (Å²) in [5, 5.41) is 10.7. The predicted octanol–water partition coefficient (Wildman–Crippen LogP) is 3.12. The summed E-state index contributed by atoms with van der Waals surface area (Å²) in [6.07, 6.45) is 0. The Labute approximate surface area is 118 Å². The van der Waals surface area contributed by atoms with Crippen molar-refractivity contribution in [2.45, 2.75) is 19.4 Å². The van der Waals surface area contributed by atoms with Crippen LogP contribution in [0, 0.1) is 0 Å². The van der Waals surface area contributed by atoms with Crippen LogP contribution < -0.4 is 0 Å². The lowest BCUT2D eigenvalue weighted by Crippen LogP contribution is -2.22. The highest BCUT2D eigenvalue weighted by molar-refractivity contribution is 5.89. The molecule has 0 aliphatic carbocycles. The van der Waals surface area contributed by atoms with Crippen LogP contribution in [0.3, 0.4) is 0 Å². The van der Waals surface area contributed by atoms with Crippen LogP contribution in [-0.2, 0) is 10.3 Å². The topological polar surface area (TPSA) is 46.5 Å². The zero-order valence-corrected chi connectivity index (χ0v) is 11.7. The van der Waals surface area contributed by atoms with Crippen LogP contribution in [0.4, 0.5) is 0 Å². The number of carbonyl (C=O) groups is 1. The van der Waals surface area contributed by atoms with Gasteiger partial charge < -0.3 is 9.84 Å². The molecule has 0 spiro atoms. The maximum Gasteiger partial charge on any atom is 0.338 e. The smallest absolute Gasteiger partial charge is 0.338 e. The van der Waals surface area contributed by atoms with E-state index in [1.807, 2.05) is 30.3 Å². The SMILES string of the molecule is CCOC(=O)c1ccc(C(C)(O)c2ccccc2)cc1. The second-order valence-electron chi connectivity index (χ2n) is 4.74. The standard InChI is InChI=1S/C17H18O3/c1-3-20-16(18)13-9-11-15(12-10-13)17(2,19)14-7-5-4-6-8-14/h4-12,19H,3H2,1-2H3. The quantitative estimate of drug-likeness (QED) is 0.868. The molecule has 0 radical (unpaired) electrons. The molecule has 2 aromatic rings. The van der Waals surface area contributed by atoms with Gasteiger partial charge in [-0.2, -0.15) is 0 Å². The molecule has 1 unspecified atom stereocenters. The number of rotatable bonds is 4. The van der Waals surface area contributed by atoms with E-state index in [1.165, 1.54) is 0 Å². The lowest BCUT2D eigenvalue weighted by molar-refractivity contribution is 0.0525. The fraction of sp³-hybridized carbons (Fsp3) is 0.235. The van der Waals surface area contributed by atoms with Gasteiger partial charge in [-0.3, -0.25) is 0 Å². The normalized spacial score (nSPS) is 13.6. The second kappa shape index (κ2) is 5.88. The molecule has 1 N–H and O–H groups in total. The van der Waals surface area contributed by atoms with Crippen molar-refractivity contribution in [1.29, 1.82) is 0 Å². The van der Waals surface area contributed by atoms with Crippen molar-refractivity contribution in [2.24, 2.45) is 0 Å². The molecule has 0 aliphatic heterocycles. The van der Waals surface area contributed by atoms with E-state index in [0.29, 0.717) is 12.2 Å². The molecule has 0 amide bonds. The molecule has 0 aromatic heterocycles. The van der Waals surface area contributed by atoms with E-state index in [-0.39, 0.29) is 5.97 Å². The molecule has 0 bridgehead atoms. The van der Waals surface area contributed by atoms with Gasteiger partial charge in [0.2, 0.25) is 0 Å². The van der Waals surface area contributed by atoms with E-state index >= 15 is 0 Å². The number of benzene rings is 2. The highest BCUT2D eigenvalue weighted by atomic mass is 16.5. The van der Waals surface area contributed by atoms with E-state index in [9.17, 15) is 9.90 Å². The van der Waals surface area contributed by atoms with E-state index in [1.54, 1.807) is 38.1 Å². The third-order valence-electron chi connectivity index (χ3n) is 3.29. The molecule has 3 nitrogen and oxygen atoms in total. The minimum Gasteiger partial charge on any atom is -0.462 e. The number of ether oxygens (including phenoxy) is 1. The molecule has 2 aromatic carbocycles. The number of hydrogen-bond donors (Lipinski definition) is 1. The van der Waals surface area contributed by atoms with Gasteiger partial charge in [-0.05, 0) is 37.1 Å². The Morgan fingerprint density at radius 1 is 1.05 bits per heavy atom. The molecule has 0 aliphatic rings. The van der Waals surface area contributed by atoms with Crippen LogP contribution in [-0.4, -0.2) is 17.7 Å². The Kier molecular flexibility index (Phi) is 4.20. The fourth-order valence-electron chi connectivity index (χ4n) is 2.07. The van der Waals surface area contributed by atoms with Gasteiger partial charge in [-0.15, -0.1) is 0 Å². The molecule has 0 saturated heterocycles. The third kappa shape index (κ3) is 2.89. The highest BCUT2D eigenvalue weighted by Crippen LogP contribution is 2.28. The van der Waals surface area contributed by atoms with Crippen LogP contribution in [0.2, 0.25) is 0 Å². The van der Waals surface area contributed by atoms with Gasteiger partial charge in [0.05, 0.1) is 12.2 Å². The summed E-state index contributed by atoms with van der Waals surface area (Å²) in [6, 6.07) is 16.3. The first-order valence-corrected chi connectivity index (χ1v) is 6.61. The van der Waals surface area contributed by atoms with Crippen LogP contribution in [0.25, 0.3) is 0 Å². The largest absolute Gasteiger partial charge is 0.462 e. The molecule has 1 atom stereocenters. The van der Waals surface area contributed by atoms with Gasteiger partial charge in [-0.25, -0.2) is 4.79 Å². The molecule has 0 saturated carbocycles. The Morgan fingerprint density at radius 2 is 1.60 bits per heavy atom. The van der Waals surface area contributed by atoms with Crippen molar-refractivity contribution in [3.63, 3.8) is 0 Å². The van der Waals surface area contributed by atoms with E-state index in [4.69, 9.17) is 4.74 Å². The van der Waals surface area contributed by atoms with Crippen molar-refractivity contribution in [2.75, 3.05) is 6.61 Å². The Bertz CT molecular complexity index is 571. The van der Waals surface area contributed by atoms with Crippen molar-refractivity contribution >= 4 is 5.97 Å². The van der Waals surface area contributed by atoms with Gasteiger partial charge in [-0.1, -0.05) is 42.5 Å². The number of carbonyl (C=O) groups excluding carboxylic acids is 1. The summed E-state index contributed by atoms with van der Waals surface area (Å²) >= 11 is 0. The number of esters is 1. The lowest BCUT2D eigenvalue weighted by atomic mass is 9.88. The van der Waals surface area contributed by atoms with Gasteiger partial charge in [0, 0.05) is 0 Å². The average molecular weight is 270 g/mol. The molecule has 3 heteroatoms. The average Bonchev–Trinajstić information content (AvgIpc) is 2.48. The molecule has 0 fully saturated rings. The van der Waals surface area contributed by atoms with Gasteiger partial charge in [0.1, 0.15) is 5.60 Å². The number of hydrogen-bond acceptors (Lipinski definition) is 3. The van der Waals surface area contributed by atoms with Crippen molar-refractivity contribution < 1.29 is 14.6 Å². The van der Waals surface area contributed by atoms with Crippen molar-refractivity contribution in [3.8, 4) is 0 Å². The van der Waals surface area contributed by atoms with E-state index in [2.05, 4.69) is 0 Å². The Hall–Kier alpha value is -2.13. The van der Waals surface area contributed by atoms with Crippen LogP contribution in [0.15, 0.2) is 54.6 Å². The molecule has 104 valence electrons. The fourth-order valence-corrected chi connectivity index (χ4v) is 2.07. The first-order chi connectivity index (χ1) is 9.55. The molecular weight excluding hydrogens is 252 g/mol. The van der Waals surface area contributed by atoms with Gasteiger partial charge in [0.25, 0.3) is 0 Å². The minimum atomic E-state index is -1.09. The van der Waals surface area contributed by atoms with Crippen LogP contribution in [0.1, 0.15) is 35.3 Å². The van der Waals surface area contributed by atoms with E-state index < -0.39 is 5.60 Å². The second-order valence-corrected chi connectivity index (χ2v) is 4.74. The Balaban J connectivity index is 2.28. The van der Waals surface area contributed by atoms with Crippen molar-refractivity contribution in [1.82, 2.24) is 0 Å². The summed E-state index contributed by atoms with van der Waals surface area (Å²) in [5.41, 5.74) is 0.939. The van der Waals surface area contributed by atoms with Crippen LogP contribution >= 0.6 is 0 Å². The zero-order chi connectivity index (χ0) is 14.6. The summed E-state index contributed by atoms with van der Waals surface area (Å²) in [5.74, 6) is -0.349. The maximum atomic E-state index is 11.6. The monoisotopic (exact) mass is 270 g/mol. The third-order valence-corrected chi connectivity index (χ3v) is 3.29. The van der Waals surface area contributed by atoms with Gasteiger partial charge in [0.15, 0.2) is 0 Å². The summed E-state index contributed by atoms with van der Waals surface area (Å²) in [6.45, 7) is 3.86. The molecule has 0 heterocycles. The minimum absolute atomic E-state index is 0.349. The summed E-state index contributed by atoms with van der Waals surface area (Å²) in [7, 11) is 0. The first kappa shape index (κ1) is 14.3. The van der Waals surface area contributed by atoms with Crippen LogP contribution in [0.5, 0.6) is 0 Å². The van der Waals surface area contributed by atoms with Crippen molar-refractivity contribution in [3.05, 3.63) is 71.3 Å². The summed E-state index contributed by atoms with van der Waals surface area (Å²) < 4.78 is 4.94. The number of aliphatic hydroxyl groups is 1. The molecular formula is C17H18O3. The highest BCUT2D eigenvalue weighted by Gasteiger charge is 2.25. The Morgan fingerprint density at radius 3 is 2.15 bits per heavy atom. The molecule has 20 heavy (non-hydrogen) atoms. The van der Waals surface area contributed by atoms with Gasteiger partial charge >= 0.3 is 5.97 Å². The first-order valence-electron chi connectivity index (χ1n) is 6.61. The van der Waals surface area contributed by atoms with E-state index in [0.717, 1.165) is 11.1 Å².